The van der Waals surface area contributed by atoms with E-state index in [4.69, 9.17) is 10.00 Å². The van der Waals surface area contributed by atoms with Gasteiger partial charge in [-0.05, 0) is 24.4 Å². The Balaban J connectivity index is 2.82. The summed E-state index contributed by atoms with van der Waals surface area (Å²) >= 11 is 0. The van der Waals surface area contributed by atoms with E-state index in [-0.39, 0.29) is 0 Å². The minimum Gasteiger partial charge on any atom is -0.481 e. The van der Waals surface area contributed by atoms with Crippen LogP contribution in [0.15, 0.2) is 24.3 Å². The van der Waals surface area contributed by atoms with E-state index in [1.54, 1.807) is 13.2 Å². The molecule has 0 aliphatic rings. The fourth-order valence-electron chi connectivity index (χ4n) is 1.56. The molecule has 0 spiro atoms. The predicted molar refractivity (Wildman–Crippen MR) is 57.7 cm³/mol. The molecule has 0 N–H and O–H groups in total. The maximum absolute atomic E-state index is 8.82. The molecule has 0 bridgehead atoms. The van der Waals surface area contributed by atoms with Crippen molar-refractivity contribution in [2.24, 2.45) is 0 Å². The first-order valence-electron chi connectivity index (χ1n) is 4.60. The molecule has 0 saturated carbocycles. The van der Waals surface area contributed by atoms with Gasteiger partial charge in [-0.25, -0.2) is 4.98 Å². The Hall–Kier alpha value is -2.08. The van der Waals surface area contributed by atoms with Gasteiger partial charge in [0.1, 0.15) is 11.8 Å². The lowest BCUT2D eigenvalue weighted by Crippen LogP contribution is -1.92. The quantitative estimate of drug-likeness (QED) is 0.706. The van der Waals surface area contributed by atoms with Crippen LogP contribution in [-0.2, 0) is 0 Å². The third-order valence-electron chi connectivity index (χ3n) is 2.26. The van der Waals surface area contributed by atoms with Crippen LogP contribution in [0.4, 0.5) is 0 Å². The number of hydrogen-bond acceptors (Lipinski definition) is 3. The van der Waals surface area contributed by atoms with E-state index >= 15 is 0 Å². The molecule has 3 nitrogen and oxygen atoms in total. The maximum atomic E-state index is 8.82. The summed E-state index contributed by atoms with van der Waals surface area (Å²) in [6.07, 6.45) is 0. The second kappa shape index (κ2) is 3.58. The first-order chi connectivity index (χ1) is 7.24. The molecule has 0 fully saturated rings. The van der Waals surface area contributed by atoms with Crippen molar-refractivity contribution in [3.63, 3.8) is 0 Å². The van der Waals surface area contributed by atoms with Gasteiger partial charge in [0, 0.05) is 5.39 Å². The van der Waals surface area contributed by atoms with Crippen LogP contribution in [0.1, 0.15) is 11.3 Å². The number of methoxy groups -OCH3 is 1. The smallest absolute Gasteiger partial charge is 0.222 e. The van der Waals surface area contributed by atoms with Crippen molar-refractivity contribution in [1.29, 1.82) is 5.26 Å². The summed E-state index contributed by atoms with van der Waals surface area (Å²) in [6.45, 7) is 2.01. The topological polar surface area (TPSA) is 45.9 Å². The lowest BCUT2D eigenvalue weighted by molar-refractivity contribution is 0.403. The molecule has 74 valence electrons. The van der Waals surface area contributed by atoms with Crippen molar-refractivity contribution in [3.05, 3.63) is 35.5 Å². The first kappa shape index (κ1) is 9.47. The molecule has 1 aromatic carbocycles. The number of nitriles is 1. The van der Waals surface area contributed by atoms with Crippen LogP contribution in [0, 0.1) is 18.3 Å². The molecular formula is C12H10N2O. The molecule has 1 heterocycles. The Bertz CT molecular complexity index is 555. The Morgan fingerprint density at radius 1 is 1.33 bits per heavy atom. The highest BCUT2D eigenvalue weighted by molar-refractivity contribution is 5.88. The van der Waals surface area contributed by atoms with Gasteiger partial charge in [0.25, 0.3) is 0 Å². The average molecular weight is 198 g/mol. The van der Waals surface area contributed by atoms with E-state index in [1.165, 1.54) is 0 Å². The molecule has 1 aromatic heterocycles. The summed E-state index contributed by atoms with van der Waals surface area (Å²) in [6, 6.07) is 9.76. The highest BCUT2D eigenvalue weighted by Gasteiger charge is 2.05. The molecule has 3 heteroatoms. The lowest BCUT2D eigenvalue weighted by Gasteiger charge is -2.05. The molecule has 15 heavy (non-hydrogen) atoms. The molecule has 2 aromatic rings. The third kappa shape index (κ3) is 1.62. The normalized spacial score (nSPS) is 9.93. The van der Waals surface area contributed by atoms with E-state index < -0.39 is 0 Å². The number of fused-ring (bicyclic) bond motifs is 1. The van der Waals surface area contributed by atoms with E-state index in [2.05, 4.69) is 4.98 Å². The fourth-order valence-corrected chi connectivity index (χ4v) is 1.56. The second-order valence-electron chi connectivity index (χ2n) is 3.35. The number of aromatic nitrogens is 1. The van der Waals surface area contributed by atoms with Gasteiger partial charge in [-0.1, -0.05) is 17.7 Å². The number of rotatable bonds is 1. The third-order valence-corrected chi connectivity index (χ3v) is 2.26. The molecule has 0 radical (unpaired) electrons. The average Bonchev–Trinajstić information content (AvgIpc) is 2.26. The molecule has 0 atom stereocenters. The Kier molecular flexibility index (Phi) is 2.26. The minimum absolute atomic E-state index is 0.380. The van der Waals surface area contributed by atoms with E-state index in [0.29, 0.717) is 11.6 Å². The van der Waals surface area contributed by atoms with Crippen LogP contribution < -0.4 is 4.74 Å². The monoisotopic (exact) mass is 198 g/mol. The number of pyridine rings is 1. The number of benzene rings is 1. The molecule has 2 rings (SSSR count). The number of nitrogens with zero attached hydrogens (tertiary/aromatic N) is 2. The Morgan fingerprint density at radius 2 is 2.13 bits per heavy atom. The fraction of sp³-hybridized carbons (Fsp3) is 0.167. The SMILES string of the molecule is COc1nc(C#N)cc2cc(C)ccc12. The van der Waals surface area contributed by atoms with Gasteiger partial charge in [-0.15, -0.1) is 0 Å². The van der Waals surface area contributed by atoms with Crippen molar-refractivity contribution in [1.82, 2.24) is 4.98 Å². The van der Waals surface area contributed by atoms with Crippen LogP contribution in [0.2, 0.25) is 0 Å². The van der Waals surface area contributed by atoms with Crippen LogP contribution in [0.3, 0.4) is 0 Å². The number of aryl methyl sites for hydroxylation is 1. The van der Waals surface area contributed by atoms with Gasteiger partial charge in [-0.2, -0.15) is 5.26 Å². The van der Waals surface area contributed by atoms with Gasteiger partial charge < -0.3 is 4.74 Å². The maximum Gasteiger partial charge on any atom is 0.222 e. The number of hydrogen-bond donors (Lipinski definition) is 0. The second-order valence-corrected chi connectivity index (χ2v) is 3.35. The summed E-state index contributed by atoms with van der Waals surface area (Å²) in [5.41, 5.74) is 1.53. The van der Waals surface area contributed by atoms with Crippen LogP contribution in [0.25, 0.3) is 10.8 Å². The molecule has 0 aliphatic carbocycles. The highest BCUT2D eigenvalue weighted by Crippen LogP contribution is 2.24. The predicted octanol–water partition coefficient (Wildman–Crippen LogP) is 2.42. The van der Waals surface area contributed by atoms with E-state index in [9.17, 15) is 0 Å². The summed E-state index contributed by atoms with van der Waals surface area (Å²) in [5, 5.41) is 10.7. The largest absolute Gasteiger partial charge is 0.481 e. The molecule has 0 unspecified atom stereocenters. The summed E-state index contributed by atoms with van der Waals surface area (Å²) in [4.78, 5) is 4.08. The first-order valence-corrected chi connectivity index (χ1v) is 4.60. The zero-order valence-corrected chi connectivity index (χ0v) is 8.61. The van der Waals surface area contributed by atoms with Gasteiger partial charge in [-0.3, -0.25) is 0 Å². The summed E-state index contributed by atoms with van der Waals surface area (Å²) in [7, 11) is 1.56. The summed E-state index contributed by atoms with van der Waals surface area (Å²) < 4.78 is 5.15. The molecule has 0 aliphatic heterocycles. The van der Waals surface area contributed by atoms with Gasteiger partial charge in [0.15, 0.2) is 0 Å². The molecular weight excluding hydrogens is 188 g/mol. The van der Waals surface area contributed by atoms with Gasteiger partial charge >= 0.3 is 0 Å². The minimum atomic E-state index is 0.380. The van der Waals surface area contributed by atoms with Crippen molar-refractivity contribution in [2.45, 2.75) is 6.92 Å². The van der Waals surface area contributed by atoms with Crippen molar-refractivity contribution < 1.29 is 4.74 Å². The van der Waals surface area contributed by atoms with Crippen LogP contribution in [-0.4, -0.2) is 12.1 Å². The van der Waals surface area contributed by atoms with Crippen LogP contribution in [0.5, 0.6) is 5.88 Å². The highest BCUT2D eigenvalue weighted by atomic mass is 16.5. The zero-order chi connectivity index (χ0) is 10.8. The van der Waals surface area contributed by atoms with Gasteiger partial charge in [0.2, 0.25) is 5.88 Å². The number of ether oxygens (including phenoxy) is 1. The summed E-state index contributed by atoms with van der Waals surface area (Å²) in [5.74, 6) is 0.504. The Morgan fingerprint density at radius 3 is 2.80 bits per heavy atom. The molecule has 0 amide bonds. The van der Waals surface area contributed by atoms with Gasteiger partial charge in [0.05, 0.1) is 7.11 Å². The van der Waals surface area contributed by atoms with E-state index in [0.717, 1.165) is 16.3 Å². The lowest BCUT2D eigenvalue weighted by atomic mass is 10.1. The standard InChI is InChI=1S/C12H10N2O/c1-8-3-4-11-9(5-8)6-10(7-13)14-12(11)15-2/h3-6H,1-2H3. The van der Waals surface area contributed by atoms with E-state index in [1.807, 2.05) is 31.2 Å². The van der Waals surface area contributed by atoms with Crippen LogP contribution >= 0.6 is 0 Å². The zero-order valence-electron chi connectivity index (χ0n) is 8.61. The van der Waals surface area contributed by atoms with Crippen molar-refractivity contribution in [3.8, 4) is 11.9 Å². The Labute approximate surface area is 87.9 Å². The van der Waals surface area contributed by atoms with Crippen molar-refractivity contribution in [2.75, 3.05) is 7.11 Å². The molecule has 0 saturated heterocycles. The van der Waals surface area contributed by atoms with Crippen molar-refractivity contribution >= 4 is 10.8 Å².